The summed E-state index contributed by atoms with van der Waals surface area (Å²) in [5.74, 6) is 0.712. The minimum Gasteiger partial charge on any atom is -0.497 e. The van der Waals surface area contributed by atoms with Crippen molar-refractivity contribution < 1.29 is 23.8 Å². The van der Waals surface area contributed by atoms with Gasteiger partial charge in [0.1, 0.15) is 17.2 Å². The summed E-state index contributed by atoms with van der Waals surface area (Å²) in [6.45, 7) is 5.02. The molecule has 0 fully saturated rings. The van der Waals surface area contributed by atoms with Crippen LogP contribution in [-0.4, -0.2) is 31.6 Å². The zero-order valence-electron chi connectivity index (χ0n) is 16.2. The van der Waals surface area contributed by atoms with E-state index in [1.54, 1.807) is 50.4 Å². The fourth-order valence-corrected chi connectivity index (χ4v) is 2.43. The van der Waals surface area contributed by atoms with E-state index in [1.807, 2.05) is 13.8 Å². The van der Waals surface area contributed by atoms with E-state index >= 15 is 0 Å². The predicted molar refractivity (Wildman–Crippen MR) is 106 cm³/mol. The SMILES string of the molecule is COc1ccc(OC(C)C(=O)NNC(=O)COc2cc(C)c(Cl)c(C)c2)cc1. The van der Waals surface area contributed by atoms with Crippen LogP contribution in [0.15, 0.2) is 36.4 Å². The number of carbonyl (C=O) groups excluding carboxylic acids is 2. The van der Waals surface area contributed by atoms with Gasteiger partial charge in [-0.1, -0.05) is 11.6 Å². The number of carbonyl (C=O) groups is 2. The van der Waals surface area contributed by atoms with Crippen molar-refractivity contribution in [3.05, 3.63) is 52.5 Å². The molecule has 2 rings (SSSR count). The molecule has 0 heterocycles. The molecule has 7 nitrogen and oxygen atoms in total. The molecule has 2 aromatic rings. The summed E-state index contributed by atoms with van der Waals surface area (Å²) in [5.41, 5.74) is 6.31. The maximum Gasteiger partial charge on any atom is 0.279 e. The van der Waals surface area contributed by atoms with E-state index < -0.39 is 17.9 Å². The number of halogens is 1. The molecule has 28 heavy (non-hydrogen) atoms. The number of amides is 2. The number of nitrogens with one attached hydrogen (secondary N) is 2. The highest BCUT2D eigenvalue weighted by Gasteiger charge is 2.16. The van der Waals surface area contributed by atoms with Crippen LogP contribution in [0.5, 0.6) is 17.2 Å². The fraction of sp³-hybridized carbons (Fsp3) is 0.300. The van der Waals surface area contributed by atoms with Crippen molar-refractivity contribution in [2.45, 2.75) is 26.9 Å². The number of hydrogen-bond acceptors (Lipinski definition) is 5. The van der Waals surface area contributed by atoms with Crippen molar-refractivity contribution in [3.8, 4) is 17.2 Å². The van der Waals surface area contributed by atoms with Crippen molar-refractivity contribution in [1.29, 1.82) is 0 Å². The van der Waals surface area contributed by atoms with Crippen LogP contribution in [0.1, 0.15) is 18.1 Å². The van der Waals surface area contributed by atoms with Gasteiger partial charge in [-0.2, -0.15) is 0 Å². The van der Waals surface area contributed by atoms with E-state index in [0.29, 0.717) is 22.3 Å². The summed E-state index contributed by atoms with van der Waals surface area (Å²) in [4.78, 5) is 23.9. The maximum absolute atomic E-state index is 12.0. The van der Waals surface area contributed by atoms with Gasteiger partial charge >= 0.3 is 0 Å². The molecule has 150 valence electrons. The van der Waals surface area contributed by atoms with Gasteiger partial charge in [-0.15, -0.1) is 0 Å². The Kier molecular flexibility index (Phi) is 7.52. The summed E-state index contributed by atoms with van der Waals surface area (Å²) in [6, 6.07) is 10.3. The van der Waals surface area contributed by atoms with Gasteiger partial charge in [0.15, 0.2) is 12.7 Å². The molecule has 2 aromatic carbocycles. The van der Waals surface area contributed by atoms with Crippen molar-refractivity contribution in [1.82, 2.24) is 10.9 Å². The van der Waals surface area contributed by atoms with Gasteiger partial charge < -0.3 is 14.2 Å². The maximum atomic E-state index is 12.0. The van der Waals surface area contributed by atoms with E-state index in [4.69, 9.17) is 25.8 Å². The Balaban J connectivity index is 1.77. The number of ether oxygens (including phenoxy) is 3. The zero-order chi connectivity index (χ0) is 20.7. The number of aryl methyl sites for hydroxylation is 2. The summed E-state index contributed by atoms with van der Waals surface area (Å²) in [6.07, 6.45) is -0.809. The molecule has 2 N–H and O–H groups in total. The first-order valence-electron chi connectivity index (χ1n) is 8.59. The summed E-state index contributed by atoms with van der Waals surface area (Å²) >= 11 is 6.10. The number of hydrazine groups is 1. The molecular formula is C20H23ClN2O5. The molecule has 8 heteroatoms. The van der Waals surface area contributed by atoms with Crippen LogP contribution >= 0.6 is 11.6 Å². The third-order valence-electron chi connectivity index (χ3n) is 3.85. The van der Waals surface area contributed by atoms with Crippen molar-refractivity contribution in [3.63, 3.8) is 0 Å². The van der Waals surface area contributed by atoms with Crippen LogP contribution < -0.4 is 25.1 Å². The molecule has 1 unspecified atom stereocenters. The van der Waals surface area contributed by atoms with Crippen LogP contribution in [0.4, 0.5) is 0 Å². The number of methoxy groups -OCH3 is 1. The second kappa shape index (κ2) is 9.85. The van der Waals surface area contributed by atoms with E-state index in [9.17, 15) is 9.59 Å². The Morgan fingerprint density at radius 3 is 2.14 bits per heavy atom. The highest BCUT2D eigenvalue weighted by Crippen LogP contribution is 2.25. The molecule has 0 aromatic heterocycles. The average Bonchev–Trinajstić information content (AvgIpc) is 2.68. The molecule has 0 bridgehead atoms. The van der Waals surface area contributed by atoms with Gasteiger partial charge in [0.05, 0.1) is 7.11 Å². The van der Waals surface area contributed by atoms with E-state index in [0.717, 1.165) is 11.1 Å². The number of hydrogen-bond donors (Lipinski definition) is 2. The standard InChI is InChI=1S/C20H23ClN2O5/c1-12-9-17(10-13(2)19(12)21)27-11-18(24)22-23-20(25)14(3)28-16-7-5-15(26-4)6-8-16/h5-10,14H,11H2,1-4H3,(H,22,24)(H,23,25). The van der Waals surface area contributed by atoms with E-state index in [-0.39, 0.29) is 6.61 Å². The van der Waals surface area contributed by atoms with Crippen molar-refractivity contribution in [2.24, 2.45) is 0 Å². The Hall–Kier alpha value is -2.93. The van der Waals surface area contributed by atoms with Crippen LogP contribution in [0.2, 0.25) is 5.02 Å². The summed E-state index contributed by atoms with van der Waals surface area (Å²) < 4.78 is 16.0. The van der Waals surface area contributed by atoms with Gasteiger partial charge in [-0.3, -0.25) is 20.4 Å². The van der Waals surface area contributed by atoms with E-state index in [2.05, 4.69) is 10.9 Å². The molecule has 1 atom stereocenters. The fourth-order valence-electron chi connectivity index (χ4n) is 2.32. The molecule has 0 saturated carbocycles. The van der Waals surface area contributed by atoms with Gasteiger partial charge in [-0.05, 0) is 68.3 Å². The lowest BCUT2D eigenvalue weighted by Crippen LogP contribution is -2.48. The normalized spacial score (nSPS) is 11.3. The van der Waals surface area contributed by atoms with Crippen molar-refractivity contribution >= 4 is 23.4 Å². The van der Waals surface area contributed by atoms with Gasteiger partial charge in [0.25, 0.3) is 11.8 Å². The second-order valence-corrected chi connectivity index (χ2v) is 6.51. The molecular weight excluding hydrogens is 384 g/mol. The molecule has 0 spiro atoms. The highest BCUT2D eigenvalue weighted by molar-refractivity contribution is 6.32. The molecule has 0 aliphatic carbocycles. The Morgan fingerprint density at radius 1 is 1.00 bits per heavy atom. The Morgan fingerprint density at radius 2 is 1.57 bits per heavy atom. The topological polar surface area (TPSA) is 85.9 Å². The first-order chi connectivity index (χ1) is 13.3. The van der Waals surface area contributed by atoms with Crippen LogP contribution in [0, 0.1) is 13.8 Å². The van der Waals surface area contributed by atoms with Gasteiger partial charge in [0.2, 0.25) is 0 Å². The molecule has 0 aliphatic heterocycles. The Labute approximate surface area is 168 Å². The minimum absolute atomic E-state index is 0.255. The van der Waals surface area contributed by atoms with Crippen molar-refractivity contribution in [2.75, 3.05) is 13.7 Å². The largest absolute Gasteiger partial charge is 0.497 e. The minimum atomic E-state index is -0.809. The van der Waals surface area contributed by atoms with Gasteiger partial charge in [-0.25, -0.2) is 0 Å². The smallest absolute Gasteiger partial charge is 0.279 e. The van der Waals surface area contributed by atoms with Crippen LogP contribution in [-0.2, 0) is 9.59 Å². The lowest BCUT2D eigenvalue weighted by molar-refractivity contribution is -0.133. The Bertz CT molecular complexity index is 816. The quantitative estimate of drug-likeness (QED) is 0.690. The first-order valence-corrected chi connectivity index (χ1v) is 8.97. The lowest BCUT2D eigenvalue weighted by Gasteiger charge is -2.15. The zero-order valence-corrected chi connectivity index (χ0v) is 16.9. The van der Waals surface area contributed by atoms with Gasteiger partial charge in [0, 0.05) is 5.02 Å². The lowest BCUT2D eigenvalue weighted by atomic mass is 10.1. The molecule has 0 aliphatic rings. The molecule has 2 amide bonds. The third-order valence-corrected chi connectivity index (χ3v) is 4.44. The number of rotatable bonds is 7. The summed E-state index contributed by atoms with van der Waals surface area (Å²) in [7, 11) is 1.56. The monoisotopic (exact) mass is 406 g/mol. The average molecular weight is 407 g/mol. The van der Waals surface area contributed by atoms with Crippen LogP contribution in [0.3, 0.4) is 0 Å². The summed E-state index contributed by atoms with van der Waals surface area (Å²) in [5, 5.41) is 0.662. The number of benzene rings is 2. The van der Waals surface area contributed by atoms with Crippen LogP contribution in [0.25, 0.3) is 0 Å². The molecule has 0 saturated heterocycles. The molecule has 0 radical (unpaired) electrons. The first kappa shape index (κ1) is 21.4. The van der Waals surface area contributed by atoms with E-state index in [1.165, 1.54) is 0 Å². The second-order valence-electron chi connectivity index (χ2n) is 6.13. The third kappa shape index (κ3) is 6.06. The predicted octanol–water partition coefficient (Wildman–Crippen LogP) is 2.96. The highest BCUT2D eigenvalue weighted by atomic mass is 35.5.